The number of hydrogen-bond acceptors (Lipinski definition) is 4. The Bertz CT molecular complexity index is 733. The van der Waals surface area contributed by atoms with Crippen LogP contribution in [-0.2, 0) is 0 Å². The molecule has 0 unspecified atom stereocenters. The molecule has 0 spiro atoms. The minimum atomic E-state index is -2.83. The van der Waals surface area contributed by atoms with Gasteiger partial charge in [-0.1, -0.05) is 0 Å². The summed E-state index contributed by atoms with van der Waals surface area (Å²) in [5, 5.41) is 13.1. The first kappa shape index (κ1) is 18.2. The van der Waals surface area contributed by atoms with Crippen molar-refractivity contribution in [2.45, 2.75) is 6.61 Å². The molecule has 0 amide bonds. The maximum Gasteiger partial charge on any atom is 0.387 e. The van der Waals surface area contributed by atoms with Crippen molar-refractivity contribution in [3.8, 4) is 11.5 Å². The number of piperazine rings is 1. The highest BCUT2D eigenvalue weighted by Gasteiger charge is 2.19. The summed E-state index contributed by atoms with van der Waals surface area (Å²) in [6.45, 7) is 0.319. The second-order valence-electron chi connectivity index (χ2n) is 5.82. The van der Waals surface area contributed by atoms with Gasteiger partial charge >= 0.3 is 6.61 Å². The summed E-state index contributed by atoms with van der Waals surface area (Å²) in [4.78, 5) is 4.30. The van der Waals surface area contributed by atoms with Gasteiger partial charge < -0.3 is 25.0 Å². The van der Waals surface area contributed by atoms with E-state index in [2.05, 4.69) is 19.9 Å². The van der Waals surface area contributed by atoms with Crippen LogP contribution in [0.1, 0.15) is 0 Å². The van der Waals surface area contributed by atoms with Crippen LogP contribution in [0.25, 0.3) is 0 Å². The molecule has 1 heterocycles. The van der Waals surface area contributed by atoms with E-state index in [0.29, 0.717) is 5.11 Å². The molecule has 0 atom stereocenters. The number of aromatic hydroxyl groups is 1. The first-order valence-electron chi connectivity index (χ1n) is 8.16. The van der Waals surface area contributed by atoms with E-state index in [1.54, 1.807) is 24.3 Å². The van der Waals surface area contributed by atoms with Crippen molar-refractivity contribution in [1.29, 1.82) is 0 Å². The number of thiocarbonyl (C=S) groups is 1. The minimum Gasteiger partial charge on any atom is -0.508 e. The van der Waals surface area contributed by atoms with Gasteiger partial charge in [0.2, 0.25) is 0 Å². The molecule has 2 aromatic carbocycles. The third-order valence-electron chi connectivity index (χ3n) is 4.11. The van der Waals surface area contributed by atoms with Gasteiger partial charge in [0.05, 0.1) is 0 Å². The number of ether oxygens (including phenoxy) is 1. The predicted octanol–water partition coefficient (Wildman–Crippen LogP) is 3.51. The van der Waals surface area contributed by atoms with E-state index in [4.69, 9.17) is 12.2 Å². The molecule has 0 saturated carbocycles. The van der Waals surface area contributed by atoms with Crippen LogP contribution < -0.4 is 15.0 Å². The summed E-state index contributed by atoms with van der Waals surface area (Å²) in [5.74, 6) is 0.363. The summed E-state index contributed by atoms with van der Waals surface area (Å²) >= 11 is 5.44. The fraction of sp³-hybridized carbons (Fsp3) is 0.278. The summed E-state index contributed by atoms with van der Waals surface area (Å²) in [5.41, 5.74) is 1.79. The molecular weight excluding hydrogens is 360 g/mol. The molecular formula is C18H19F2N3O2S. The van der Waals surface area contributed by atoms with Crippen molar-refractivity contribution in [3.63, 3.8) is 0 Å². The van der Waals surface area contributed by atoms with E-state index < -0.39 is 6.61 Å². The second-order valence-corrected chi connectivity index (χ2v) is 6.21. The number of alkyl halides is 2. The van der Waals surface area contributed by atoms with Crippen molar-refractivity contribution in [2.75, 3.05) is 36.4 Å². The average Bonchev–Trinajstić information content (AvgIpc) is 2.64. The molecule has 2 N–H and O–H groups in total. The van der Waals surface area contributed by atoms with E-state index in [1.807, 2.05) is 12.1 Å². The number of hydrogen-bond donors (Lipinski definition) is 2. The zero-order valence-electron chi connectivity index (χ0n) is 13.9. The van der Waals surface area contributed by atoms with Crippen LogP contribution in [0.5, 0.6) is 11.5 Å². The van der Waals surface area contributed by atoms with E-state index in [0.717, 1.165) is 37.6 Å². The summed E-state index contributed by atoms with van der Waals surface area (Å²) in [6, 6.07) is 13.4. The number of nitrogens with one attached hydrogen (secondary N) is 1. The van der Waals surface area contributed by atoms with Gasteiger partial charge in [0.25, 0.3) is 0 Å². The largest absolute Gasteiger partial charge is 0.508 e. The quantitative estimate of drug-likeness (QED) is 0.793. The highest BCUT2D eigenvalue weighted by atomic mass is 32.1. The summed E-state index contributed by atoms with van der Waals surface area (Å²) in [6.07, 6.45) is 0. The molecule has 138 valence electrons. The smallest absolute Gasteiger partial charge is 0.387 e. The Morgan fingerprint density at radius 3 is 2.19 bits per heavy atom. The molecule has 0 aliphatic carbocycles. The van der Waals surface area contributed by atoms with Crippen LogP contribution in [-0.4, -0.2) is 47.9 Å². The maximum atomic E-state index is 12.2. The predicted molar refractivity (Wildman–Crippen MR) is 101 cm³/mol. The Balaban J connectivity index is 1.51. The summed E-state index contributed by atoms with van der Waals surface area (Å²) < 4.78 is 28.7. The van der Waals surface area contributed by atoms with Gasteiger partial charge in [-0.05, 0) is 60.7 Å². The fourth-order valence-corrected chi connectivity index (χ4v) is 3.05. The molecule has 5 nitrogen and oxygen atoms in total. The third kappa shape index (κ3) is 4.72. The van der Waals surface area contributed by atoms with Crippen LogP contribution >= 0.6 is 12.2 Å². The van der Waals surface area contributed by atoms with Gasteiger partial charge in [-0.3, -0.25) is 0 Å². The van der Waals surface area contributed by atoms with Crippen molar-refractivity contribution in [3.05, 3.63) is 48.5 Å². The molecule has 3 rings (SSSR count). The maximum absolute atomic E-state index is 12.2. The van der Waals surface area contributed by atoms with E-state index in [-0.39, 0.29) is 11.5 Å². The van der Waals surface area contributed by atoms with Crippen molar-refractivity contribution in [2.24, 2.45) is 0 Å². The normalized spacial score (nSPS) is 14.4. The first-order chi connectivity index (χ1) is 12.5. The second kappa shape index (κ2) is 8.18. The highest BCUT2D eigenvalue weighted by molar-refractivity contribution is 7.80. The molecule has 1 saturated heterocycles. The van der Waals surface area contributed by atoms with Gasteiger partial charge in [0.1, 0.15) is 11.5 Å². The lowest BCUT2D eigenvalue weighted by Gasteiger charge is -2.37. The molecule has 0 radical (unpaired) electrons. The Morgan fingerprint density at radius 2 is 1.62 bits per heavy atom. The van der Waals surface area contributed by atoms with Gasteiger partial charge in [0.15, 0.2) is 5.11 Å². The highest BCUT2D eigenvalue weighted by Crippen LogP contribution is 2.21. The Morgan fingerprint density at radius 1 is 1.00 bits per heavy atom. The number of anilines is 2. The molecule has 1 aliphatic heterocycles. The number of rotatable bonds is 4. The van der Waals surface area contributed by atoms with Crippen LogP contribution in [0.2, 0.25) is 0 Å². The van der Waals surface area contributed by atoms with Crippen molar-refractivity contribution < 1.29 is 18.6 Å². The monoisotopic (exact) mass is 379 g/mol. The van der Waals surface area contributed by atoms with E-state index in [9.17, 15) is 13.9 Å². The lowest BCUT2D eigenvalue weighted by Crippen LogP contribution is -2.50. The molecule has 8 heteroatoms. The first-order valence-corrected chi connectivity index (χ1v) is 8.57. The molecule has 2 aromatic rings. The molecule has 1 aliphatic rings. The number of phenolic OH excluding ortho intramolecular Hbond substituents is 1. The standard InChI is InChI=1S/C18H19F2N3O2S/c19-17(20)25-16-7-1-13(2-8-16)21-18(26)23-11-9-22(10-12-23)14-3-5-15(24)6-4-14/h1-8,17,24H,9-12H2,(H,21,26). The van der Waals surface area contributed by atoms with Gasteiger partial charge in [-0.25, -0.2) is 0 Å². The van der Waals surface area contributed by atoms with Crippen LogP contribution in [0, 0.1) is 0 Å². The SMILES string of the molecule is Oc1ccc(N2CCN(C(=S)Nc3ccc(OC(F)F)cc3)CC2)cc1. The fourth-order valence-electron chi connectivity index (χ4n) is 2.75. The van der Waals surface area contributed by atoms with E-state index in [1.165, 1.54) is 12.1 Å². The third-order valence-corrected chi connectivity index (χ3v) is 4.47. The van der Waals surface area contributed by atoms with Crippen LogP contribution in [0.4, 0.5) is 20.2 Å². The summed E-state index contributed by atoms with van der Waals surface area (Å²) in [7, 11) is 0. The van der Waals surface area contributed by atoms with Gasteiger partial charge in [0, 0.05) is 37.6 Å². The van der Waals surface area contributed by atoms with Crippen LogP contribution in [0.15, 0.2) is 48.5 Å². The molecule has 0 aromatic heterocycles. The zero-order chi connectivity index (χ0) is 18.5. The Labute approximate surface area is 155 Å². The number of phenols is 1. The lowest BCUT2D eigenvalue weighted by atomic mass is 10.2. The number of halogens is 2. The van der Waals surface area contributed by atoms with Gasteiger partial charge in [-0.2, -0.15) is 8.78 Å². The van der Waals surface area contributed by atoms with E-state index >= 15 is 0 Å². The Hall–Kier alpha value is -2.61. The molecule has 1 fully saturated rings. The molecule has 26 heavy (non-hydrogen) atoms. The molecule has 0 bridgehead atoms. The number of benzene rings is 2. The zero-order valence-corrected chi connectivity index (χ0v) is 14.8. The number of nitrogens with zero attached hydrogens (tertiary/aromatic N) is 2. The average molecular weight is 379 g/mol. The lowest BCUT2D eigenvalue weighted by molar-refractivity contribution is -0.0498. The van der Waals surface area contributed by atoms with Crippen molar-refractivity contribution in [1.82, 2.24) is 4.90 Å². The Kier molecular flexibility index (Phi) is 5.72. The van der Waals surface area contributed by atoms with Crippen molar-refractivity contribution >= 4 is 28.7 Å². The topological polar surface area (TPSA) is 48.0 Å². The minimum absolute atomic E-state index is 0.110. The van der Waals surface area contributed by atoms with Crippen LogP contribution in [0.3, 0.4) is 0 Å². The van der Waals surface area contributed by atoms with Gasteiger partial charge in [-0.15, -0.1) is 0 Å².